The van der Waals surface area contributed by atoms with Crippen LogP contribution in [0.15, 0.2) is 10.6 Å². The molecule has 0 rings (SSSR count). The Kier molecular flexibility index (Phi) is 3.79. The van der Waals surface area contributed by atoms with Gasteiger partial charge in [0, 0.05) is 0 Å². The minimum Gasteiger partial charge on any atom is -0.224 e. The molecule has 0 bridgehead atoms. The van der Waals surface area contributed by atoms with Crippen molar-refractivity contribution in [2.75, 3.05) is 0 Å². The Bertz CT molecular complexity index is 217. The molecule has 0 N–H and O–H groups in total. The van der Waals surface area contributed by atoms with E-state index in [1.165, 1.54) is 12.1 Å². The molecule has 0 aromatic carbocycles. The lowest BCUT2D eigenvalue weighted by atomic mass is 10.3. The summed E-state index contributed by atoms with van der Waals surface area (Å²) in [7, 11) is 0. The number of hydrogen-bond donors (Lipinski definition) is 0. The molecule has 0 amide bonds. The minimum absolute atomic E-state index is 0.496. The molecule has 0 aromatic rings. The van der Waals surface area contributed by atoms with Crippen LogP contribution in [0.4, 0.5) is 4.39 Å². The summed E-state index contributed by atoms with van der Waals surface area (Å²) in [6, 6.07) is 2.79. The highest BCUT2D eigenvalue weighted by Gasteiger charge is 2.11. The van der Waals surface area contributed by atoms with Crippen LogP contribution in [0.3, 0.4) is 0 Å². The van der Waals surface area contributed by atoms with Gasteiger partial charge in [0.15, 0.2) is 0 Å². The van der Waals surface area contributed by atoms with Crippen LogP contribution in [0.2, 0.25) is 0 Å². The molecule has 5 heteroatoms. The summed E-state index contributed by atoms with van der Waals surface area (Å²) in [5.74, 6) is 0. The summed E-state index contributed by atoms with van der Waals surface area (Å²) in [6.07, 6.45) is 0. The molecule has 0 aliphatic heterocycles. The second kappa shape index (κ2) is 4.11. The molecule has 10 heavy (non-hydrogen) atoms. The highest BCUT2D eigenvalue weighted by Crippen LogP contribution is 2.18. The zero-order valence-electron chi connectivity index (χ0n) is 4.61. The van der Waals surface area contributed by atoms with Crippen molar-refractivity contribution in [3.05, 3.63) is 10.6 Å². The van der Waals surface area contributed by atoms with Crippen molar-refractivity contribution in [2.45, 2.75) is 5.63 Å². The summed E-state index contributed by atoms with van der Waals surface area (Å²) in [5.41, 5.74) is -2.47. The van der Waals surface area contributed by atoms with Crippen LogP contribution in [0.1, 0.15) is 0 Å². The van der Waals surface area contributed by atoms with Crippen molar-refractivity contribution in [3.8, 4) is 12.1 Å². The molecule has 0 aromatic heterocycles. The van der Waals surface area contributed by atoms with E-state index in [-0.39, 0.29) is 0 Å². The summed E-state index contributed by atoms with van der Waals surface area (Å²) in [6.45, 7) is 0. The van der Waals surface area contributed by atoms with E-state index in [0.29, 0.717) is 0 Å². The minimum atomic E-state index is -1.98. The predicted octanol–water partition coefficient (Wildman–Crippen LogP) is 2.06. The molecule has 0 aliphatic carbocycles. The van der Waals surface area contributed by atoms with Crippen LogP contribution in [0.25, 0.3) is 0 Å². The number of nitriles is 2. The molecular formula is C5HCl2FN2. The molecule has 0 aliphatic rings. The van der Waals surface area contributed by atoms with Crippen molar-refractivity contribution in [1.29, 1.82) is 10.5 Å². The number of allylic oxidation sites excluding steroid dienone is 2. The lowest BCUT2D eigenvalue weighted by molar-refractivity contribution is 0.505. The monoisotopic (exact) mass is 178 g/mol. The third kappa shape index (κ3) is 2.23. The zero-order chi connectivity index (χ0) is 8.15. The van der Waals surface area contributed by atoms with Crippen molar-refractivity contribution in [3.63, 3.8) is 0 Å². The van der Waals surface area contributed by atoms with E-state index < -0.39 is 16.2 Å². The fourth-order valence-corrected chi connectivity index (χ4v) is 0.435. The molecule has 52 valence electrons. The van der Waals surface area contributed by atoms with E-state index in [9.17, 15) is 4.39 Å². The van der Waals surface area contributed by atoms with Gasteiger partial charge in [0.25, 0.3) is 0 Å². The van der Waals surface area contributed by atoms with Gasteiger partial charge in [0.1, 0.15) is 17.7 Å². The average Bonchev–Trinajstić information content (AvgIpc) is 1.90. The van der Waals surface area contributed by atoms with Crippen LogP contribution in [0.5, 0.6) is 0 Å². The smallest absolute Gasteiger partial charge is 0.211 e. The molecule has 0 fully saturated rings. The number of hydrogen-bond acceptors (Lipinski definition) is 2. The molecule has 1 atom stereocenters. The van der Waals surface area contributed by atoms with Crippen molar-refractivity contribution < 1.29 is 4.39 Å². The Morgan fingerprint density at radius 2 is 1.80 bits per heavy atom. The van der Waals surface area contributed by atoms with Gasteiger partial charge in [-0.25, -0.2) is 4.39 Å². The fourth-order valence-electron chi connectivity index (χ4n) is 0.241. The zero-order valence-corrected chi connectivity index (χ0v) is 6.12. The quantitative estimate of drug-likeness (QED) is 0.456. The number of nitrogens with zero attached hydrogens (tertiary/aromatic N) is 2. The van der Waals surface area contributed by atoms with Crippen LogP contribution < -0.4 is 0 Å². The summed E-state index contributed by atoms with van der Waals surface area (Å²) in [5, 5.41) is 15.6. The van der Waals surface area contributed by atoms with Gasteiger partial charge < -0.3 is 0 Å². The Labute approximate surface area is 67.1 Å². The Balaban J connectivity index is 4.70. The fraction of sp³-hybridized carbons (Fsp3) is 0.200. The maximum Gasteiger partial charge on any atom is 0.211 e. The second-order valence-corrected chi connectivity index (χ2v) is 2.04. The molecule has 0 saturated heterocycles. The van der Waals surface area contributed by atoms with Gasteiger partial charge in [-0.3, -0.25) is 0 Å². The van der Waals surface area contributed by atoms with Gasteiger partial charge >= 0.3 is 0 Å². The van der Waals surface area contributed by atoms with E-state index >= 15 is 0 Å². The second-order valence-electron chi connectivity index (χ2n) is 1.25. The van der Waals surface area contributed by atoms with Gasteiger partial charge in [-0.1, -0.05) is 23.2 Å². The van der Waals surface area contributed by atoms with Gasteiger partial charge in [0.05, 0.1) is 5.03 Å². The number of halogens is 3. The predicted molar refractivity (Wildman–Crippen MR) is 34.9 cm³/mol. The largest absolute Gasteiger partial charge is 0.224 e. The molecular weight excluding hydrogens is 178 g/mol. The molecule has 0 heterocycles. The lowest BCUT2D eigenvalue weighted by Gasteiger charge is -1.93. The van der Waals surface area contributed by atoms with E-state index in [1.54, 1.807) is 0 Å². The molecule has 0 radical (unpaired) electrons. The summed E-state index contributed by atoms with van der Waals surface area (Å²) in [4.78, 5) is 0. The summed E-state index contributed by atoms with van der Waals surface area (Å²) >= 11 is 9.93. The summed E-state index contributed by atoms with van der Waals surface area (Å²) < 4.78 is 12.0. The Hall–Kier alpha value is -0.770. The average molecular weight is 179 g/mol. The van der Waals surface area contributed by atoms with Gasteiger partial charge in [-0.2, -0.15) is 10.5 Å². The maximum absolute atomic E-state index is 12.0. The molecule has 1 unspecified atom stereocenters. The molecule has 2 nitrogen and oxygen atoms in total. The first kappa shape index (κ1) is 9.23. The third-order valence-electron chi connectivity index (χ3n) is 0.654. The van der Waals surface area contributed by atoms with Crippen molar-refractivity contribution in [2.24, 2.45) is 0 Å². The Morgan fingerprint density at radius 1 is 1.40 bits per heavy atom. The van der Waals surface area contributed by atoms with E-state index in [1.807, 2.05) is 0 Å². The topological polar surface area (TPSA) is 47.6 Å². The van der Waals surface area contributed by atoms with Crippen molar-refractivity contribution in [1.82, 2.24) is 0 Å². The standard InChI is InChI=1S/C5HCl2FN2/c6-4(5(7)8)3(1-9)2-10/h5H. The van der Waals surface area contributed by atoms with Gasteiger partial charge in [-0.05, 0) is 0 Å². The van der Waals surface area contributed by atoms with Gasteiger partial charge in [0.2, 0.25) is 5.63 Å². The van der Waals surface area contributed by atoms with E-state index in [4.69, 9.17) is 33.7 Å². The highest BCUT2D eigenvalue weighted by molar-refractivity contribution is 6.37. The van der Waals surface area contributed by atoms with Gasteiger partial charge in [-0.15, -0.1) is 0 Å². The highest BCUT2D eigenvalue weighted by atomic mass is 35.5. The van der Waals surface area contributed by atoms with Crippen LogP contribution in [-0.4, -0.2) is 5.63 Å². The van der Waals surface area contributed by atoms with E-state index in [2.05, 4.69) is 0 Å². The lowest BCUT2D eigenvalue weighted by Crippen LogP contribution is -1.91. The van der Waals surface area contributed by atoms with Crippen LogP contribution >= 0.6 is 23.2 Å². The van der Waals surface area contributed by atoms with E-state index in [0.717, 1.165) is 0 Å². The number of alkyl halides is 2. The normalized spacial score (nSPS) is 10.9. The first-order valence-electron chi connectivity index (χ1n) is 2.11. The molecule has 0 saturated carbocycles. The maximum atomic E-state index is 12.0. The van der Waals surface area contributed by atoms with Crippen LogP contribution in [0, 0.1) is 22.7 Å². The number of rotatable bonds is 1. The first-order valence-corrected chi connectivity index (χ1v) is 2.93. The molecule has 0 spiro atoms. The Morgan fingerprint density at radius 3 is 1.90 bits per heavy atom. The third-order valence-corrected chi connectivity index (χ3v) is 1.36. The SMILES string of the molecule is N#CC(C#N)=C(Cl)C(F)Cl. The van der Waals surface area contributed by atoms with Crippen molar-refractivity contribution >= 4 is 23.2 Å². The van der Waals surface area contributed by atoms with Crippen LogP contribution in [-0.2, 0) is 0 Å². The first-order chi connectivity index (χ1) is 4.63.